The number of methoxy groups -OCH3 is 2. The third-order valence-electron chi connectivity index (χ3n) is 11.1. The molecule has 0 aliphatic carbocycles. The van der Waals surface area contributed by atoms with Gasteiger partial charge in [-0.3, -0.25) is 9.36 Å². The van der Waals surface area contributed by atoms with Gasteiger partial charge in [-0.2, -0.15) is 0 Å². The molecule has 12 nitrogen and oxygen atoms in total. The highest BCUT2D eigenvalue weighted by molar-refractivity contribution is 6.74. The van der Waals surface area contributed by atoms with Crippen LogP contribution in [-0.2, 0) is 26.0 Å². The maximum Gasteiger partial charge on any atom is 0.252 e. The lowest BCUT2D eigenvalue weighted by Crippen LogP contribution is -2.47. The molecule has 0 radical (unpaired) electrons. The van der Waals surface area contributed by atoms with Gasteiger partial charge in [0.25, 0.3) is 5.56 Å². The van der Waals surface area contributed by atoms with Gasteiger partial charge in [-0.05, 0) is 65.2 Å². The van der Waals surface area contributed by atoms with Gasteiger partial charge in [-0.15, -0.1) is 0 Å². The summed E-state index contributed by atoms with van der Waals surface area (Å²) in [6.07, 6.45) is 4.21. The van der Waals surface area contributed by atoms with Gasteiger partial charge >= 0.3 is 0 Å². The number of nitrogens with zero attached hydrogens (tertiary/aromatic N) is 4. The van der Waals surface area contributed by atoms with Crippen molar-refractivity contribution in [3.05, 3.63) is 142 Å². The summed E-state index contributed by atoms with van der Waals surface area (Å²) >= 11 is 0. The standard InChI is InChI=1S/C43H50N6O6Si/c1-42(2,3)56(6,7)55-35-24-37(49-28-48-38-39(46-27-47-40(38)49)45-25-29-12-11-23-44-41(29)50)54-36(35)26-53-43(30-13-9-8-10-14-30,31-15-19-33(51-4)20-16-31)32-17-21-34(52-5)22-18-32/h8-23,27-28,35-37H,24-26H2,1-7H3,(H,44,50)(H,45,46,47)/t35-,36+,37+/m0/s1. The maximum atomic E-state index is 12.3. The average Bonchev–Trinajstić information content (AvgIpc) is 3.82. The number of fused-ring (bicyclic) bond motifs is 1. The predicted molar refractivity (Wildman–Crippen MR) is 219 cm³/mol. The van der Waals surface area contributed by atoms with Crippen LogP contribution in [0.3, 0.4) is 0 Å². The predicted octanol–water partition coefficient (Wildman–Crippen LogP) is 7.83. The number of H-pyrrole nitrogens is 1. The number of hydrogen-bond donors (Lipinski definition) is 2. The summed E-state index contributed by atoms with van der Waals surface area (Å²) in [5.41, 5.74) is 3.40. The van der Waals surface area contributed by atoms with Crippen LogP contribution in [0.5, 0.6) is 11.5 Å². The van der Waals surface area contributed by atoms with Gasteiger partial charge in [0.05, 0.1) is 33.3 Å². The quantitative estimate of drug-likeness (QED) is 0.0833. The molecule has 0 spiro atoms. The first-order valence-electron chi connectivity index (χ1n) is 18.8. The van der Waals surface area contributed by atoms with E-state index in [1.165, 1.54) is 6.33 Å². The van der Waals surface area contributed by atoms with Crippen LogP contribution in [-0.4, -0.2) is 65.9 Å². The normalized spacial score (nSPS) is 17.6. The minimum absolute atomic E-state index is 0.0353. The molecule has 0 bridgehead atoms. The number of nitrogens with one attached hydrogen (secondary N) is 2. The molecule has 0 saturated carbocycles. The second-order valence-corrected chi connectivity index (χ2v) is 20.3. The summed E-state index contributed by atoms with van der Waals surface area (Å²) in [6, 6.07) is 29.8. The van der Waals surface area contributed by atoms with Crippen molar-refractivity contribution in [1.29, 1.82) is 0 Å². The summed E-state index contributed by atoms with van der Waals surface area (Å²) in [7, 11) is 1.05. The van der Waals surface area contributed by atoms with Crippen molar-refractivity contribution in [2.75, 3.05) is 26.1 Å². The van der Waals surface area contributed by atoms with Crippen LogP contribution in [0.4, 0.5) is 5.82 Å². The summed E-state index contributed by atoms with van der Waals surface area (Å²) in [6.45, 7) is 11.7. The van der Waals surface area contributed by atoms with E-state index in [-0.39, 0.29) is 29.9 Å². The van der Waals surface area contributed by atoms with E-state index in [1.54, 1.807) is 38.9 Å². The Hall–Kier alpha value is -5.34. The first kappa shape index (κ1) is 38.9. The van der Waals surface area contributed by atoms with E-state index in [1.807, 2.05) is 47.0 Å². The van der Waals surface area contributed by atoms with E-state index in [9.17, 15) is 4.79 Å². The summed E-state index contributed by atoms with van der Waals surface area (Å²) < 4.78 is 34.5. The molecule has 13 heteroatoms. The lowest BCUT2D eigenvalue weighted by atomic mass is 9.80. The minimum atomic E-state index is -2.28. The number of aromatic amines is 1. The van der Waals surface area contributed by atoms with Gasteiger partial charge in [-0.25, -0.2) is 15.0 Å². The van der Waals surface area contributed by atoms with Gasteiger partial charge in [0, 0.05) is 24.7 Å². The molecular formula is C43H50N6O6Si. The number of imidazole rings is 1. The average molecular weight is 775 g/mol. The number of ether oxygens (including phenoxy) is 4. The fraction of sp³-hybridized carbons (Fsp3) is 0.349. The molecule has 0 unspecified atom stereocenters. The number of rotatable bonds is 14. The number of pyridine rings is 1. The number of benzene rings is 3. The molecule has 0 amide bonds. The summed E-state index contributed by atoms with van der Waals surface area (Å²) in [5, 5.41) is 3.23. The minimum Gasteiger partial charge on any atom is -0.497 e. The molecule has 3 aromatic heterocycles. The zero-order valence-electron chi connectivity index (χ0n) is 33.0. The van der Waals surface area contributed by atoms with Gasteiger partial charge < -0.3 is 33.7 Å². The van der Waals surface area contributed by atoms with Gasteiger partial charge in [0.2, 0.25) is 0 Å². The van der Waals surface area contributed by atoms with Crippen LogP contribution in [0.2, 0.25) is 18.1 Å². The van der Waals surface area contributed by atoms with Crippen molar-refractivity contribution >= 4 is 25.3 Å². The third kappa shape index (κ3) is 7.72. The lowest BCUT2D eigenvalue weighted by molar-refractivity contribution is -0.0914. The Morgan fingerprint density at radius 1 is 0.857 bits per heavy atom. The Balaban J connectivity index is 1.25. The van der Waals surface area contributed by atoms with Crippen LogP contribution >= 0.6 is 0 Å². The topological polar surface area (TPSA) is 135 Å². The van der Waals surface area contributed by atoms with E-state index in [4.69, 9.17) is 28.4 Å². The molecule has 3 aromatic carbocycles. The summed E-state index contributed by atoms with van der Waals surface area (Å²) in [4.78, 5) is 28.8. The molecule has 1 fully saturated rings. The smallest absolute Gasteiger partial charge is 0.252 e. The second-order valence-electron chi connectivity index (χ2n) is 15.5. The fourth-order valence-corrected chi connectivity index (χ4v) is 8.31. The van der Waals surface area contributed by atoms with Crippen molar-refractivity contribution in [3.8, 4) is 11.5 Å². The molecular weight excluding hydrogens is 725 g/mol. The molecule has 1 aliphatic rings. The molecule has 6 aromatic rings. The van der Waals surface area contributed by atoms with E-state index in [0.717, 1.165) is 28.2 Å². The fourth-order valence-electron chi connectivity index (χ4n) is 6.95. The Morgan fingerprint density at radius 3 is 2.11 bits per heavy atom. The summed E-state index contributed by atoms with van der Waals surface area (Å²) in [5.74, 6) is 2.02. The molecule has 7 rings (SSSR count). The monoisotopic (exact) mass is 774 g/mol. The Morgan fingerprint density at radius 2 is 1.50 bits per heavy atom. The zero-order valence-corrected chi connectivity index (χ0v) is 34.0. The van der Waals surface area contributed by atoms with Gasteiger partial charge in [-0.1, -0.05) is 81.4 Å². The van der Waals surface area contributed by atoms with Crippen LogP contribution in [0.1, 0.15) is 55.7 Å². The first-order valence-corrected chi connectivity index (χ1v) is 21.7. The van der Waals surface area contributed by atoms with E-state index < -0.39 is 26.3 Å². The molecule has 1 saturated heterocycles. The number of anilines is 1. The van der Waals surface area contributed by atoms with E-state index >= 15 is 0 Å². The van der Waals surface area contributed by atoms with Crippen LogP contribution in [0.25, 0.3) is 11.2 Å². The highest BCUT2D eigenvalue weighted by Gasteiger charge is 2.47. The second kappa shape index (κ2) is 16.0. The van der Waals surface area contributed by atoms with Crippen molar-refractivity contribution in [2.45, 2.75) is 75.9 Å². The third-order valence-corrected chi connectivity index (χ3v) is 15.6. The van der Waals surface area contributed by atoms with Crippen LogP contribution in [0.15, 0.2) is 115 Å². The molecule has 292 valence electrons. The van der Waals surface area contributed by atoms with Crippen molar-refractivity contribution < 1.29 is 23.4 Å². The lowest BCUT2D eigenvalue weighted by Gasteiger charge is -2.40. The molecule has 3 atom stereocenters. The van der Waals surface area contributed by atoms with E-state index in [0.29, 0.717) is 29.0 Å². The first-order chi connectivity index (χ1) is 26.9. The SMILES string of the molecule is COc1ccc(C(OC[C@H]2O[C@@H](n3cnc4c(NCc5ccc[nH]c5=O)ncnc43)C[C@@H]2O[Si](C)(C)C(C)(C)C)(c2ccccc2)c2ccc(OC)cc2)cc1. The molecule has 1 aliphatic heterocycles. The molecule has 4 heterocycles. The number of hydrogen-bond acceptors (Lipinski definition) is 10. The van der Waals surface area contributed by atoms with Crippen LogP contribution < -0.4 is 20.3 Å². The van der Waals surface area contributed by atoms with Crippen molar-refractivity contribution in [1.82, 2.24) is 24.5 Å². The Bertz CT molecular complexity index is 2240. The highest BCUT2D eigenvalue weighted by Crippen LogP contribution is 2.45. The van der Waals surface area contributed by atoms with Crippen LogP contribution in [0, 0.1) is 0 Å². The Kier molecular flexibility index (Phi) is 11.1. The molecule has 2 N–H and O–H groups in total. The largest absolute Gasteiger partial charge is 0.497 e. The number of aromatic nitrogens is 5. The van der Waals surface area contributed by atoms with Crippen molar-refractivity contribution in [2.24, 2.45) is 0 Å². The zero-order chi connectivity index (χ0) is 39.5. The van der Waals surface area contributed by atoms with E-state index in [2.05, 4.69) is 90.5 Å². The Labute approximate surface area is 328 Å². The molecule has 56 heavy (non-hydrogen) atoms. The van der Waals surface area contributed by atoms with Crippen molar-refractivity contribution in [3.63, 3.8) is 0 Å². The maximum absolute atomic E-state index is 12.3. The van der Waals surface area contributed by atoms with Gasteiger partial charge in [0.15, 0.2) is 25.3 Å². The van der Waals surface area contributed by atoms with Gasteiger partial charge in [0.1, 0.15) is 35.8 Å². The highest BCUT2D eigenvalue weighted by atomic mass is 28.4.